The second-order valence-corrected chi connectivity index (χ2v) is 11.5. The van der Waals surface area contributed by atoms with Gasteiger partial charge in [0.1, 0.15) is 24.6 Å². The highest BCUT2D eigenvalue weighted by Gasteiger charge is 2.39. The van der Waals surface area contributed by atoms with Crippen molar-refractivity contribution in [3.8, 4) is 17.4 Å². The number of hydrogen-bond acceptors (Lipinski definition) is 9. The fraction of sp³-hybridized carbons (Fsp3) is 0.375. The van der Waals surface area contributed by atoms with Crippen LogP contribution in [0.15, 0.2) is 60.8 Å². The van der Waals surface area contributed by atoms with Crippen LogP contribution in [0, 0.1) is 5.82 Å². The van der Waals surface area contributed by atoms with Crippen molar-refractivity contribution in [2.24, 2.45) is 0 Å². The van der Waals surface area contributed by atoms with Gasteiger partial charge in [0.15, 0.2) is 11.5 Å². The van der Waals surface area contributed by atoms with E-state index in [1.165, 1.54) is 29.3 Å². The fourth-order valence-corrected chi connectivity index (χ4v) is 6.26. The summed E-state index contributed by atoms with van der Waals surface area (Å²) in [6.07, 6.45) is 1.06. The highest BCUT2D eigenvalue weighted by Crippen LogP contribution is 2.33. The van der Waals surface area contributed by atoms with Gasteiger partial charge in [-0.3, -0.25) is 19.3 Å². The van der Waals surface area contributed by atoms with Gasteiger partial charge in [0.05, 0.1) is 23.8 Å². The Morgan fingerprint density at radius 2 is 1.84 bits per heavy atom. The van der Waals surface area contributed by atoms with Gasteiger partial charge in [0.25, 0.3) is 11.8 Å². The van der Waals surface area contributed by atoms with Gasteiger partial charge < -0.3 is 34.1 Å². The number of nitrogens with one attached hydrogen (secondary N) is 1. The van der Waals surface area contributed by atoms with E-state index >= 15 is 0 Å². The second kappa shape index (κ2) is 12.3. The molecule has 5 heterocycles. The molecule has 3 aromatic rings. The smallest absolute Gasteiger partial charge is 0.257 e. The predicted octanol–water partition coefficient (Wildman–Crippen LogP) is 1.69. The summed E-state index contributed by atoms with van der Waals surface area (Å²) < 4.78 is 37.6. The van der Waals surface area contributed by atoms with Gasteiger partial charge in [-0.1, -0.05) is 18.2 Å². The number of rotatable bonds is 3. The predicted molar refractivity (Wildman–Crippen MR) is 156 cm³/mol. The zero-order chi connectivity index (χ0) is 30.9. The third kappa shape index (κ3) is 6.00. The van der Waals surface area contributed by atoms with Crippen molar-refractivity contribution < 1.29 is 37.7 Å². The largest absolute Gasteiger partial charge is 0.475 e. The van der Waals surface area contributed by atoms with E-state index in [4.69, 9.17) is 18.9 Å². The summed E-state index contributed by atoms with van der Waals surface area (Å²) >= 11 is 0. The van der Waals surface area contributed by atoms with E-state index in [1.807, 2.05) is 18.2 Å². The number of carbonyl (C=O) groups is 3. The normalized spacial score (nSPS) is 23.4. The fourth-order valence-electron chi connectivity index (χ4n) is 6.26. The third-order valence-corrected chi connectivity index (χ3v) is 8.55. The molecular weight excluding hydrogens is 585 g/mol. The summed E-state index contributed by atoms with van der Waals surface area (Å²) in [6, 6.07) is 13.9. The van der Waals surface area contributed by atoms with Gasteiger partial charge in [-0.15, -0.1) is 0 Å². The van der Waals surface area contributed by atoms with Crippen LogP contribution < -0.4 is 19.5 Å². The molecule has 1 N–H and O–H groups in total. The molecular formula is C32H32FN5O7. The van der Waals surface area contributed by atoms with Gasteiger partial charge in [0, 0.05) is 45.5 Å². The van der Waals surface area contributed by atoms with Crippen LogP contribution in [0.3, 0.4) is 0 Å². The summed E-state index contributed by atoms with van der Waals surface area (Å²) in [6.45, 7) is 2.07. The number of pyridine rings is 1. The van der Waals surface area contributed by atoms with Crippen molar-refractivity contribution in [1.82, 2.24) is 25.0 Å². The van der Waals surface area contributed by atoms with Crippen LogP contribution in [0.25, 0.3) is 0 Å². The molecule has 2 saturated heterocycles. The highest BCUT2D eigenvalue weighted by molar-refractivity contribution is 5.96. The lowest BCUT2D eigenvalue weighted by Crippen LogP contribution is -2.59. The van der Waals surface area contributed by atoms with Gasteiger partial charge in [-0.05, 0) is 42.0 Å². The van der Waals surface area contributed by atoms with E-state index < -0.39 is 29.9 Å². The first-order valence-corrected chi connectivity index (χ1v) is 14.9. The number of fused-ring (bicyclic) bond motifs is 4. The molecule has 2 aromatic carbocycles. The highest BCUT2D eigenvalue weighted by atomic mass is 19.1. The van der Waals surface area contributed by atoms with E-state index in [0.717, 1.165) is 5.56 Å². The number of halogens is 1. The van der Waals surface area contributed by atoms with Gasteiger partial charge in [-0.2, -0.15) is 0 Å². The molecule has 0 spiro atoms. The summed E-state index contributed by atoms with van der Waals surface area (Å²) in [5, 5.41) is 3.07. The molecule has 0 radical (unpaired) electrons. The van der Waals surface area contributed by atoms with Crippen molar-refractivity contribution in [3.63, 3.8) is 0 Å². The lowest BCUT2D eigenvalue weighted by Gasteiger charge is -2.41. The Morgan fingerprint density at radius 3 is 2.73 bits per heavy atom. The molecule has 234 valence electrons. The van der Waals surface area contributed by atoms with Crippen molar-refractivity contribution in [3.05, 3.63) is 83.3 Å². The molecule has 2 fully saturated rings. The number of piperazine rings is 1. The summed E-state index contributed by atoms with van der Waals surface area (Å²) in [5.41, 5.74) is 1.23. The first kappa shape index (κ1) is 29.0. The number of hydrogen-bond donors (Lipinski definition) is 1. The Morgan fingerprint density at radius 1 is 0.978 bits per heavy atom. The van der Waals surface area contributed by atoms with Crippen molar-refractivity contribution in [1.29, 1.82) is 0 Å². The lowest BCUT2D eigenvalue weighted by molar-refractivity contribution is -0.143. The van der Waals surface area contributed by atoms with Crippen LogP contribution >= 0.6 is 0 Å². The minimum Gasteiger partial charge on any atom is -0.475 e. The number of benzene rings is 2. The standard InChI is InChI=1S/C32H32FN5O7/c33-24-6-2-1-4-22(24)32(41)37-10-11-38-21(14-37)17-43-31-23(5-3-9-34-31)30(40)35-25-15-36(16-28(25)42-18-29(38)39)13-20-7-8-26-27(12-20)45-19-44-26/h1-9,12,21,25,28H,10-11,13-19H2,(H,35,40)/t21-,25+,28-/m0/s1. The number of aromatic nitrogens is 1. The van der Waals surface area contributed by atoms with Gasteiger partial charge in [0.2, 0.25) is 18.6 Å². The molecule has 4 aliphatic heterocycles. The molecule has 0 aliphatic carbocycles. The van der Waals surface area contributed by atoms with Crippen molar-refractivity contribution in [2.75, 3.05) is 52.7 Å². The summed E-state index contributed by atoms with van der Waals surface area (Å²) in [7, 11) is 0. The third-order valence-electron chi connectivity index (χ3n) is 8.55. The van der Waals surface area contributed by atoms with Crippen LogP contribution in [0.1, 0.15) is 26.3 Å². The molecule has 0 unspecified atom stereocenters. The minimum absolute atomic E-state index is 0.0275. The quantitative estimate of drug-likeness (QED) is 0.468. The van der Waals surface area contributed by atoms with Crippen molar-refractivity contribution >= 4 is 17.7 Å². The SMILES string of the molecule is O=C1N[C@@H]2CN(Cc3ccc4c(c3)OCO4)C[C@@H]2OCC(=O)N2CCN(C(=O)c3ccccc3F)C[C@H]2COc2ncccc21. The van der Waals surface area contributed by atoms with E-state index in [1.54, 1.807) is 23.1 Å². The van der Waals surface area contributed by atoms with Crippen LogP contribution in [-0.2, 0) is 16.1 Å². The summed E-state index contributed by atoms with van der Waals surface area (Å²) in [4.78, 5) is 49.9. The molecule has 7 rings (SSSR count). The monoisotopic (exact) mass is 617 g/mol. The van der Waals surface area contributed by atoms with E-state index in [2.05, 4.69) is 15.2 Å². The molecule has 3 atom stereocenters. The minimum atomic E-state index is -0.608. The maximum atomic E-state index is 14.4. The molecule has 12 nitrogen and oxygen atoms in total. The Labute approximate surface area is 258 Å². The summed E-state index contributed by atoms with van der Waals surface area (Å²) in [5.74, 6) is -0.190. The zero-order valence-corrected chi connectivity index (χ0v) is 24.4. The van der Waals surface area contributed by atoms with Crippen LogP contribution in [0.4, 0.5) is 4.39 Å². The molecule has 45 heavy (non-hydrogen) atoms. The van der Waals surface area contributed by atoms with E-state index in [0.29, 0.717) is 31.1 Å². The average molecular weight is 618 g/mol. The maximum absolute atomic E-state index is 14.4. The van der Waals surface area contributed by atoms with Crippen molar-refractivity contribution in [2.45, 2.75) is 24.7 Å². The lowest BCUT2D eigenvalue weighted by atomic mass is 10.1. The van der Waals surface area contributed by atoms with Crippen LogP contribution in [-0.4, -0.2) is 108 Å². The van der Waals surface area contributed by atoms with Gasteiger partial charge >= 0.3 is 0 Å². The number of likely N-dealkylation sites (tertiary alicyclic amines) is 1. The molecule has 0 bridgehead atoms. The second-order valence-electron chi connectivity index (χ2n) is 11.5. The maximum Gasteiger partial charge on any atom is 0.257 e. The Hall–Kier alpha value is -4.75. The first-order valence-electron chi connectivity index (χ1n) is 14.9. The van der Waals surface area contributed by atoms with Gasteiger partial charge in [-0.25, -0.2) is 9.37 Å². The Bertz CT molecular complexity index is 1620. The Balaban J connectivity index is 1.11. The van der Waals surface area contributed by atoms with Crippen LogP contribution in [0.5, 0.6) is 17.4 Å². The number of nitrogens with zero attached hydrogens (tertiary/aromatic N) is 4. The average Bonchev–Trinajstić information content (AvgIpc) is 3.68. The van der Waals surface area contributed by atoms with Crippen LogP contribution in [0.2, 0.25) is 0 Å². The molecule has 3 amide bonds. The number of carbonyl (C=O) groups excluding carboxylic acids is 3. The first-order chi connectivity index (χ1) is 21.9. The van der Waals surface area contributed by atoms with E-state index in [9.17, 15) is 18.8 Å². The molecule has 0 saturated carbocycles. The number of amides is 3. The van der Waals surface area contributed by atoms with E-state index in [-0.39, 0.29) is 68.5 Å². The number of ether oxygens (including phenoxy) is 4. The zero-order valence-electron chi connectivity index (χ0n) is 24.4. The molecule has 13 heteroatoms. The molecule has 1 aromatic heterocycles. The topological polar surface area (TPSA) is 123 Å². The Kier molecular flexibility index (Phi) is 7.94. The molecule has 4 aliphatic rings.